The van der Waals surface area contributed by atoms with Gasteiger partial charge in [0.1, 0.15) is 16.4 Å². The Balaban J connectivity index is 1.43. The number of aromatic nitrogens is 1. The SMILES string of the molecule is COc1ccc(OC)c(S(=O)(=O)N2CCN(c3nc(Cc4ccc(OC)c(OC)c4)cs3)CC2)c1. The molecule has 1 fully saturated rings. The number of piperazine rings is 1. The summed E-state index contributed by atoms with van der Waals surface area (Å²) in [5.74, 6) is 2.14. The molecule has 0 bridgehead atoms. The molecule has 9 nitrogen and oxygen atoms in total. The molecule has 0 N–H and O–H groups in total. The number of rotatable bonds is 9. The van der Waals surface area contributed by atoms with Gasteiger partial charge in [-0.25, -0.2) is 13.4 Å². The first-order chi connectivity index (χ1) is 16.9. The summed E-state index contributed by atoms with van der Waals surface area (Å²) in [7, 11) is 2.47. The van der Waals surface area contributed by atoms with Crippen LogP contribution < -0.4 is 23.8 Å². The van der Waals surface area contributed by atoms with Crippen molar-refractivity contribution in [2.24, 2.45) is 0 Å². The highest BCUT2D eigenvalue weighted by Crippen LogP contribution is 2.32. The minimum atomic E-state index is -3.73. The van der Waals surface area contributed by atoms with Crippen LogP contribution in [0.2, 0.25) is 0 Å². The van der Waals surface area contributed by atoms with Crippen LogP contribution in [-0.4, -0.2) is 72.3 Å². The first-order valence-electron chi connectivity index (χ1n) is 11.0. The Morgan fingerprint density at radius 3 is 2.20 bits per heavy atom. The smallest absolute Gasteiger partial charge is 0.247 e. The number of methoxy groups -OCH3 is 4. The summed E-state index contributed by atoms with van der Waals surface area (Å²) in [5, 5.41) is 2.92. The van der Waals surface area contributed by atoms with Crippen molar-refractivity contribution in [3.63, 3.8) is 0 Å². The van der Waals surface area contributed by atoms with Gasteiger partial charge in [0.25, 0.3) is 0 Å². The molecule has 1 aliphatic rings. The quantitative estimate of drug-likeness (QED) is 0.426. The molecule has 0 amide bonds. The highest BCUT2D eigenvalue weighted by molar-refractivity contribution is 7.89. The van der Waals surface area contributed by atoms with Gasteiger partial charge >= 0.3 is 0 Å². The molecule has 1 aromatic heterocycles. The fourth-order valence-corrected chi connectivity index (χ4v) is 6.44. The van der Waals surface area contributed by atoms with E-state index in [0.717, 1.165) is 16.4 Å². The third kappa shape index (κ3) is 5.31. The van der Waals surface area contributed by atoms with Gasteiger partial charge in [-0.3, -0.25) is 0 Å². The molecule has 1 aliphatic heterocycles. The molecular formula is C24H29N3O6S2. The van der Waals surface area contributed by atoms with Gasteiger partial charge in [0, 0.05) is 44.0 Å². The molecular weight excluding hydrogens is 490 g/mol. The minimum Gasteiger partial charge on any atom is -0.497 e. The highest BCUT2D eigenvalue weighted by Gasteiger charge is 2.32. The van der Waals surface area contributed by atoms with Crippen LogP contribution in [0.15, 0.2) is 46.7 Å². The van der Waals surface area contributed by atoms with E-state index < -0.39 is 10.0 Å². The predicted octanol–water partition coefficient (Wildman–Crippen LogP) is 3.28. The first-order valence-corrected chi connectivity index (χ1v) is 13.3. The Hall–Kier alpha value is -3.02. The van der Waals surface area contributed by atoms with Crippen molar-refractivity contribution in [3.05, 3.63) is 53.0 Å². The van der Waals surface area contributed by atoms with Gasteiger partial charge in [-0.1, -0.05) is 6.07 Å². The zero-order valence-corrected chi connectivity index (χ0v) is 21.8. The summed E-state index contributed by atoms with van der Waals surface area (Å²) in [4.78, 5) is 7.02. The van der Waals surface area contributed by atoms with E-state index >= 15 is 0 Å². The average molecular weight is 520 g/mol. The molecule has 35 heavy (non-hydrogen) atoms. The number of thiazole rings is 1. The lowest BCUT2D eigenvalue weighted by atomic mass is 10.1. The van der Waals surface area contributed by atoms with E-state index in [1.54, 1.807) is 37.7 Å². The van der Waals surface area contributed by atoms with E-state index in [9.17, 15) is 8.42 Å². The van der Waals surface area contributed by atoms with Crippen LogP contribution in [0.5, 0.6) is 23.0 Å². The van der Waals surface area contributed by atoms with Gasteiger partial charge in [0.05, 0.1) is 34.1 Å². The third-order valence-electron chi connectivity index (χ3n) is 5.87. The fourth-order valence-electron chi connectivity index (χ4n) is 3.97. The predicted molar refractivity (Wildman–Crippen MR) is 135 cm³/mol. The minimum absolute atomic E-state index is 0.110. The second-order valence-corrected chi connectivity index (χ2v) is 10.6. The Morgan fingerprint density at radius 1 is 0.857 bits per heavy atom. The summed E-state index contributed by atoms with van der Waals surface area (Å²) in [5.41, 5.74) is 2.02. The molecule has 0 radical (unpaired) electrons. The summed E-state index contributed by atoms with van der Waals surface area (Å²) in [6, 6.07) is 10.6. The number of nitrogens with zero attached hydrogens (tertiary/aromatic N) is 3. The van der Waals surface area contributed by atoms with Crippen molar-refractivity contribution < 1.29 is 27.4 Å². The molecule has 0 aliphatic carbocycles. The molecule has 1 saturated heterocycles. The molecule has 2 heterocycles. The van der Waals surface area contributed by atoms with Crippen LogP contribution in [-0.2, 0) is 16.4 Å². The number of hydrogen-bond donors (Lipinski definition) is 0. The van der Waals surface area contributed by atoms with Crippen LogP contribution in [0, 0.1) is 0 Å². The lowest BCUT2D eigenvalue weighted by molar-refractivity contribution is 0.354. The van der Waals surface area contributed by atoms with Gasteiger partial charge in [0.2, 0.25) is 10.0 Å². The van der Waals surface area contributed by atoms with Crippen LogP contribution >= 0.6 is 11.3 Å². The second-order valence-electron chi connectivity index (χ2n) is 7.90. The molecule has 3 aromatic rings. The number of sulfonamides is 1. The van der Waals surface area contributed by atoms with Crippen molar-refractivity contribution >= 4 is 26.5 Å². The molecule has 0 saturated carbocycles. The molecule has 0 unspecified atom stereocenters. The highest BCUT2D eigenvalue weighted by atomic mass is 32.2. The zero-order valence-electron chi connectivity index (χ0n) is 20.2. The standard InChI is InChI=1S/C24H29N3O6S2/c1-30-19-6-8-21(32-3)23(15-19)35(28,29)27-11-9-26(10-12-27)24-25-18(16-34-24)13-17-5-7-20(31-2)22(14-17)33-4/h5-8,14-16H,9-13H2,1-4H3. The summed E-state index contributed by atoms with van der Waals surface area (Å²) < 4.78 is 49.3. The van der Waals surface area contributed by atoms with Crippen LogP contribution in [0.4, 0.5) is 5.13 Å². The van der Waals surface area contributed by atoms with Gasteiger partial charge < -0.3 is 23.8 Å². The van der Waals surface area contributed by atoms with Crippen molar-refractivity contribution in [2.75, 3.05) is 59.5 Å². The zero-order chi connectivity index (χ0) is 25.0. The number of hydrogen-bond acceptors (Lipinski definition) is 9. The Bertz CT molecular complexity index is 1270. The summed E-state index contributed by atoms with van der Waals surface area (Å²) in [6.07, 6.45) is 0.667. The topological polar surface area (TPSA) is 90.4 Å². The largest absolute Gasteiger partial charge is 0.497 e. The van der Waals surface area contributed by atoms with Gasteiger partial charge in [0.15, 0.2) is 16.6 Å². The van der Waals surface area contributed by atoms with Crippen LogP contribution in [0.25, 0.3) is 0 Å². The van der Waals surface area contributed by atoms with Crippen LogP contribution in [0.1, 0.15) is 11.3 Å². The lowest BCUT2D eigenvalue weighted by Gasteiger charge is -2.34. The maximum Gasteiger partial charge on any atom is 0.247 e. The Morgan fingerprint density at radius 2 is 1.54 bits per heavy atom. The van der Waals surface area contributed by atoms with Gasteiger partial charge in [-0.15, -0.1) is 11.3 Å². The van der Waals surface area contributed by atoms with Gasteiger partial charge in [-0.05, 0) is 29.8 Å². The first kappa shape index (κ1) is 25.1. The summed E-state index contributed by atoms with van der Waals surface area (Å²) in [6.45, 7) is 1.81. The van der Waals surface area contributed by atoms with Crippen LogP contribution in [0.3, 0.4) is 0 Å². The molecule has 4 rings (SSSR count). The Labute approximate surface area is 209 Å². The molecule has 0 atom stereocenters. The average Bonchev–Trinajstić information content (AvgIpc) is 3.36. The number of benzene rings is 2. The van der Waals surface area contributed by atoms with E-state index in [-0.39, 0.29) is 4.90 Å². The van der Waals surface area contributed by atoms with E-state index in [2.05, 4.69) is 4.90 Å². The number of ether oxygens (including phenoxy) is 4. The maximum absolute atomic E-state index is 13.3. The van der Waals surface area contributed by atoms with Crippen molar-refractivity contribution in [2.45, 2.75) is 11.3 Å². The van der Waals surface area contributed by atoms with E-state index in [1.165, 1.54) is 24.6 Å². The number of anilines is 1. The van der Waals surface area contributed by atoms with E-state index in [0.29, 0.717) is 55.6 Å². The molecule has 2 aromatic carbocycles. The van der Waals surface area contributed by atoms with E-state index in [1.807, 2.05) is 23.6 Å². The van der Waals surface area contributed by atoms with Crippen molar-refractivity contribution in [3.8, 4) is 23.0 Å². The third-order valence-corrected chi connectivity index (χ3v) is 8.74. The monoisotopic (exact) mass is 519 g/mol. The second kappa shape index (κ2) is 10.7. The van der Waals surface area contributed by atoms with Crippen molar-refractivity contribution in [1.29, 1.82) is 0 Å². The summed E-state index contributed by atoms with van der Waals surface area (Å²) >= 11 is 1.56. The fraction of sp³-hybridized carbons (Fsp3) is 0.375. The molecule has 0 spiro atoms. The normalized spacial score (nSPS) is 14.6. The lowest BCUT2D eigenvalue weighted by Crippen LogP contribution is -2.48. The molecule has 188 valence electrons. The van der Waals surface area contributed by atoms with Crippen molar-refractivity contribution in [1.82, 2.24) is 9.29 Å². The van der Waals surface area contributed by atoms with E-state index in [4.69, 9.17) is 23.9 Å². The van der Waals surface area contributed by atoms with Gasteiger partial charge in [-0.2, -0.15) is 4.31 Å². The molecule has 11 heteroatoms. The Kier molecular flexibility index (Phi) is 7.68. The maximum atomic E-state index is 13.3.